The summed E-state index contributed by atoms with van der Waals surface area (Å²) in [5.41, 5.74) is 0. The molecule has 50 valence electrons. The van der Waals surface area contributed by atoms with Crippen molar-refractivity contribution in [2.75, 3.05) is 12.9 Å². The molecule has 0 atom stereocenters. The Morgan fingerprint density at radius 3 is 2.75 bits per heavy atom. The predicted octanol–water partition coefficient (Wildman–Crippen LogP) is 2.01. The highest BCUT2D eigenvalue weighted by Crippen LogP contribution is 1.96. The van der Waals surface area contributed by atoms with E-state index in [1.54, 1.807) is 0 Å². The van der Waals surface area contributed by atoms with E-state index in [1.165, 1.54) is 12.0 Å². The average molecular weight is 136 g/mol. The van der Waals surface area contributed by atoms with Crippen LogP contribution in [0, 0.1) is 0 Å². The van der Waals surface area contributed by atoms with Gasteiger partial charge >= 0.3 is 0 Å². The van der Waals surface area contributed by atoms with E-state index in [0.717, 1.165) is 12.8 Å². The number of unbranched alkanes of at least 4 members (excludes halogenated alkanes) is 1. The van der Waals surface area contributed by atoms with Gasteiger partial charge in [-0.25, -0.2) is 4.89 Å². The largest absolute Gasteiger partial charge is 0.224 e. The fraction of sp³-hybridized carbons (Fsp3) is 1.00. The van der Waals surface area contributed by atoms with Crippen molar-refractivity contribution in [3.8, 4) is 0 Å². The van der Waals surface area contributed by atoms with E-state index in [9.17, 15) is 0 Å². The molecule has 0 aromatic heterocycles. The van der Waals surface area contributed by atoms with Gasteiger partial charge in [-0.3, -0.25) is 0 Å². The van der Waals surface area contributed by atoms with E-state index >= 15 is 0 Å². The van der Waals surface area contributed by atoms with Gasteiger partial charge in [0.2, 0.25) is 0 Å². The zero-order chi connectivity index (χ0) is 6.24. The maximum Gasteiger partial charge on any atom is 0.0834 e. The van der Waals surface area contributed by atoms with Gasteiger partial charge in [0.25, 0.3) is 0 Å². The summed E-state index contributed by atoms with van der Waals surface area (Å²) >= 11 is 1.23. The van der Waals surface area contributed by atoms with Crippen molar-refractivity contribution in [2.24, 2.45) is 0 Å². The Balaban J connectivity index is 2.53. The third kappa shape index (κ3) is 6.27. The number of hydrogen-bond acceptors (Lipinski definition) is 3. The van der Waals surface area contributed by atoms with Crippen LogP contribution in [-0.4, -0.2) is 12.9 Å². The summed E-state index contributed by atoms with van der Waals surface area (Å²) in [5.74, 6) is 0. The highest BCUT2D eigenvalue weighted by Gasteiger charge is 1.83. The molecule has 0 aliphatic carbocycles. The topological polar surface area (TPSA) is 18.5 Å². The minimum absolute atomic E-state index is 0.706. The Bertz CT molecular complexity index is 35.4. The molecule has 0 amide bonds. The smallest absolute Gasteiger partial charge is 0.0834 e. The lowest BCUT2D eigenvalue weighted by atomic mass is 10.4. The van der Waals surface area contributed by atoms with Gasteiger partial charge in [0.15, 0.2) is 0 Å². The van der Waals surface area contributed by atoms with Gasteiger partial charge in [0.1, 0.15) is 0 Å². The van der Waals surface area contributed by atoms with Crippen LogP contribution in [0.3, 0.4) is 0 Å². The first kappa shape index (κ1) is 8.27. The van der Waals surface area contributed by atoms with Crippen molar-refractivity contribution in [3.05, 3.63) is 0 Å². The van der Waals surface area contributed by atoms with Crippen molar-refractivity contribution in [1.82, 2.24) is 0 Å². The van der Waals surface area contributed by atoms with Gasteiger partial charge in [0, 0.05) is 18.3 Å². The summed E-state index contributed by atoms with van der Waals surface area (Å²) in [5, 5.41) is 0. The molecular formula is C5H12O2S. The van der Waals surface area contributed by atoms with Crippen molar-refractivity contribution in [3.63, 3.8) is 0 Å². The van der Waals surface area contributed by atoms with Crippen molar-refractivity contribution in [1.29, 1.82) is 0 Å². The second-order valence-electron chi connectivity index (χ2n) is 1.41. The number of rotatable bonds is 5. The molecular weight excluding hydrogens is 124 g/mol. The molecule has 0 saturated carbocycles. The lowest BCUT2D eigenvalue weighted by molar-refractivity contribution is -0.190. The molecule has 0 spiro atoms. The Kier molecular flexibility index (Phi) is 7.52. The van der Waals surface area contributed by atoms with E-state index in [2.05, 4.69) is 16.1 Å². The molecule has 0 aliphatic rings. The van der Waals surface area contributed by atoms with E-state index in [0.29, 0.717) is 6.61 Å². The van der Waals surface area contributed by atoms with Crippen LogP contribution in [0.1, 0.15) is 19.8 Å². The van der Waals surface area contributed by atoms with Crippen LogP contribution in [0.2, 0.25) is 0 Å². The maximum atomic E-state index is 4.69. The molecule has 0 radical (unpaired) electrons. The van der Waals surface area contributed by atoms with Crippen LogP contribution in [-0.2, 0) is 9.22 Å². The Labute approximate surface area is 54.7 Å². The number of hydrogen-bond donors (Lipinski definition) is 0. The second kappa shape index (κ2) is 7.27. The van der Waals surface area contributed by atoms with Crippen LogP contribution < -0.4 is 0 Å². The minimum Gasteiger partial charge on any atom is -0.224 e. The highest BCUT2D eigenvalue weighted by molar-refractivity contribution is 7.93. The maximum absolute atomic E-state index is 4.69. The van der Waals surface area contributed by atoms with Crippen LogP contribution in [0.4, 0.5) is 0 Å². The predicted molar refractivity (Wildman–Crippen MR) is 35.5 cm³/mol. The van der Waals surface area contributed by atoms with E-state index in [4.69, 9.17) is 0 Å². The normalized spacial score (nSPS) is 9.75. The molecule has 0 aliphatic heterocycles. The Hall–Kier alpha value is 0.270. The van der Waals surface area contributed by atoms with Gasteiger partial charge in [-0.1, -0.05) is 13.3 Å². The molecule has 8 heavy (non-hydrogen) atoms. The van der Waals surface area contributed by atoms with Crippen LogP contribution in [0.15, 0.2) is 0 Å². The van der Waals surface area contributed by atoms with Gasteiger partial charge in [-0.2, -0.15) is 4.33 Å². The molecule has 0 fully saturated rings. The zero-order valence-electron chi connectivity index (χ0n) is 5.35. The fourth-order valence-corrected chi connectivity index (χ4v) is 0.450. The SMILES string of the molecule is CCCCOOSC. The highest BCUT2D eigenvalue weighted by atomic mass is 32.2. The first-order chi connectivity index (χ1) is 3.91. The fourth-order valence-electron chi connectivity index (χ4n) is 0.285. The molecule has 2 nitrogen and oxygen atoms in total. The molecule has 0 unspecified atom stereocenters. The first-order valence-electron chi connectivity index (χ1n) is 2.74. The van der Waals surface area contributed by atoms with E-state index in [1.807, 2.05) is 6.26 Å². The van der Waals surface area contributed by atoms with Gasteiger partial charge < -0.3 is 0 Å². The second-order valence-corrected chi connectivity index (χ2v) is 1.88. The van der Waals surface area contributed by atoms with Crippen LogP contribution in [0.25, 0.3) is 0 Å². The Morgan fingerprint density at radius 2 is 2.25 bits per heavy atom. The van der Waals surface area contributed by atoms with E-state index < -0.39 is 0 Å². The van der Waals surface area contributed by atoms with Crippen LogP contribution >= 0.6 is 12.0 Å². The quantitative estimate of drug-likeness (QED) is 0.249. The third-order valence-electron chi connectivity index (χ3n) is 0.697. The summed E-state index contributed by atoms with van der Waals surface area (Å²) in [6, 6.07) is 0. The Morgan fingerprint density at radius 1 is 1.50 bits per heavy atom. The molecule has 3 heteroatoms. The average Bonchev–Trinajstić information content (AvgIpc) is 1.81. The summed E-state index contributed by atoms with van der Waals surface area (Å²) in [7, 11) is 0. The van der Waals surface area contributed by atoms with Crippen LogP contribution in [0.5, 0.6) is 0 Å². The minimum atomic E-state index is 0.706. The lowest BCUT2D eigenvalue weighted by Gasteiger charge is -1.95. The molecule has 0 aromatic rings. The molecule has 0 aromatic carbocycles. The van der Waals surface area contributed by atoms with Crippen molar-refractivity contribution < 1.29 is 9.22 Å². The van der Waals surface area contributed by atoms with Gasteiger partial charge in [0.05, 0.1) is 6.61 Å². The van der Waals surface area contributed by atoms with Gasteiger partial charge in [-0.05, 0) is 6.42 Å². The molecule has 0 N–H and O–H groups in total. The van der Waals surface area contributed by atoms with Crippen molar-refractivity contribution >= 4 is 12.0 Å². The van der Waals surface area contributed by atoms with E-state index in [-0.39, 0.29) is 0 Å². The van der Waals surface area contributed by atoms with Gasteiger partial charge in [-0.15, -0.1) is 0 Å². The first-order valence-corrected chi connectivity index (χ1v) is 3.89. The summed E-state index contributed by atoms with van der Waals surface area (Å²) < 4.78 is 4.55. The standard InChI is InChI=1S/C5H12O2S/c1-3-4-5-6-7-8-2/h3-5H2,1-2H3. The zero-order valence-corrected chi connectivity index (χ0v) is 6.16. The molecule has 0 heterocycles. The summed E-state index contributed by atoms with van der Waals surface area (Å²) in [6.07, 6.45) is 4.05. The monoisotopic (exact) mass is 136 g/mol. The molecule has 0 saturated heterocycles. The summed E-state index contributed by atoms with van der Waals surface area (Å²) in [6.45, 7) is 2.82. The molecule has 0 bridgehead atoms. The third-order valence-corrected chi connectivity index (χ3v) is 0.930. The lowest BCUT2D eigenvalue weighted by Crippen LogP contribution is -1.88. The summed E-state index contributed by atoms with van der Waals surface area (Å²) in [4.78, 5) is 4.69. The molecule has 0 rings (SSSR count). The van der Waals surface area contributed by atoms with Crippen molar-refractivity contribution in [2.45, 2.75) is 19.8 Å².